The molecule has 0 atom stereocenters. The second-order valence-corrected chi connectivity index (χ2v) is 4.42. The van der Waals surface area contributed by atoms with Crippen molar-refractivity contribution in [3.8, 4) is 0 Å². The lowest BCUT2D eigenvalue weighted by Gasteiger charge is -2.35. The fraction of sp³-hybridized carbons (Fsp3) is 0.917. The van der Waals surface area contributed by atoms with E-state index in [2.05, 4.69) is 10.6 Å². The van der Waals surface area contributed by atoms with Gasteiger partial charge in [0.05, 0.1) is 18.6 Å². The Labute approximate surface area is 103 Å². The van der Waals surface area contributed by atoms with E-state index in [4.69, 9.17) is 9.47 Å². The molecule has 100 valence electrons. The number of piperidine rings is 1. The first-order valence-corrected chi connectivity index (χ1v) is 6.31. The minimum Gasteiger partial charge on any atom is -0.384 e. The summed E-state index contributed by atoms with van der Waals surface area (Å²) in [6.07, 6.45) is 1.67. The van der Waals surface area contributed by atoms with Crippen molar-refractivity contribution in [2.24, 2.45) is 5.41 Å². The number of methoxy groups -OCH3 is 1. The molecule has 1 heterocycles. The van der Waals surface area contributed by atoms with Gasteiger partial charge in [-0.15, -0.1) is 0 Å². The molecule has 0 unspecified atom stereocenters. The summed E-state index contributed by atoms with van der Waals surface area (Å²) < 4.78 is 10.4. The molecule has 0 aliphatic carbocycles. The Kier molecular flexibility index (Phi) is 6.47. The van der Waals surface area contributed by atoms with Crippen molar-refractivity contribution in [2.75, 3.05) is 46.6 Å². The third kappa shape index (κ3) is 4.26. The fourth-order valence-electron chi connectivity index (χ4n) is 2.19. The molecule has 1 rings (SSSR count). The number of carbonyl (C=O) groups is 1. The van der Waals surface area contributed by atoms with Crippen LogP contribution in [0.25, 0.3) is 0 Å². The quantitative estimate of drug-likeness (QED) is 0.626. The first kappa shape index (κ1) is 14.4. The first-order chi connectivity index (χ1) is 8.25. The van der Waals surface area contributed by atoms with Crippen LogP contribution in [0.3, 0.4) is 0 Å². The van der Waals surface area contributed by atoms with Gasteiger partial charge < -0.3 is 20.1 Å². The zero-order valence-corrected chi connectivity index (χ0v) is 10.9. The van der Waals surface area contributed by atoms with Crippen LogP contribution < -0.4 is 10.6 Å². The van der Waals surface area contributed by atoms with Gasteiger partial charge in [0, 0.05) is 20.3 Å². The van der Waals surface area contributed by atoms with Gasteiger partial charge in [0.25, 0.3) is 0 Å². The molecule has 1 fully saturated rings. The summed E-state index contributed by atoms with van der Waals surface area (Å²) >= 11 is 0. The lowest BCUT2D eigenvalue weighted by atomic mass is 9.78. The Morgan fingerprint density at radius 3 is 2.71 bits per heavy atom. The number of amides is 1. The Morgan fingerprint density at radius 1 is 1.41 bits per heavy atom. The Bertz CT molecular complexity index is 222. The zero-order chi connectivity index (χ0) is 12.6. The van der Waals surface area contributed by atoms with Crippen LogP contribution in [-0.4, -0.2) is 52.5 Å². The average Bonchev–Trinajstić information content (AvgIpc) is 2.36. The predicted octanol–water partition coefficient (Wildman–Crippen LogP) is 0.155. The maximum atomic E-state index is 12.2. The van der Waals surface area contributed by atoms with Crippen LogP contribution >= 0.6 is 0 Å². The molecule has 1 amide bonds. The summed E-state index contributed by atoms with van der Waals surface area (Å²) in [6.45, 7) is 6.03. The van der Waals surface area contributed by atoms with Gasteiger partial charge in [0.1, 0.15) is 0 Å². The highest BCUT2D eigenvalue weighted by molar-refractivity contribution is 5.83. The molecule has 0 spiro atoms. The van der Waals surface area contributed by atoms with E-state index in [9.17, 15) is 4.79 Å². The third-order valence-electron chi connectivity index (χ3n) is 3.20. The van der Waals surface area contributed by atoms with Crippen molar-refractivity contribution in [1.29, 1.82) is 0 Å². The normalized spacial score (nSPS) is 18.9. The van der Waals surface area contributed by atoms with Gasteiger partial charge in [-0.3, -0.25) is 4.79 Å². The summed E-state index contributed by atoms with van der Waals surface area (Å²) in [4.78, 5) is 12.2. The molecule has 1 aliphatic rings. The second-order valence-electron chi connectivity index (χ2n) is 4.42. The lowest BCUT2D eigenvalue weighted by molar-refractivity contribution is -0.136. The highest BCUT2D eigenvalue weighted by Crippen LogP contribution is 2.29. The Hall–Kier alpha value is -0.650. The zero-order valence-electron chi connectivity index (χ0n) is 10.9. The average molecular weight is 244 g/mol. The molecule has 1 saturated heterocycles. The van der Waals surface area contributed by atoms with Crippen molar-refractivity contribution >= 4 is 5.91 Å². The monoisotopic (exact) mass is 244 g/mol. The smallest absolute Gasteiger partial charge is 0.228 e. The number of nitrogens with one attached hydrogen (secondary N) is 2. The summed E-state index contributed by atoms with van der Waals surface area (Å²) in [5.74, 6) is 0.0977. The highest BCUT2D eigenvalue weighted by Gasteiger charge is 2.39. The highest BCUT2D eigenvalue weighted by atomic mass is 16.5. The maximum Gasteiger partial charge on any atom is 0.228 e. The summed E-state index contributed by atoms with van der Waals surface area (Å²) in [7, 11) is 1.65. The van der Waals surface area contributed by atoms with Gasteiger partial charge in [-0.25, -0.2) is 0 Å². The summed E-state index contributed by atoms with van der Waals surface area (Å²) in [5, 5.41) is 6.21. The van der Waals surface area contributed by atoms with E-state index in [-0.39, 0.29) is 11.3 Å². The molecule has 0 aromatic carbocycles. The van der Waals surface area contributed by atoms with Crippen molar-refractivity contribution in [3.05, 3.63) is 0 Å². The van der Waals surface area contributed by atoms with Gasteiger partial charge >= 0.3 is 0 Å². The third-order valence-corrected chi connectivity index (χ3v) is 3.20. The number of carbonyl (C=O) groups excluding carboxylic acids is 1. The van der Waals surface area contributed by atoms with Crippen molar-refractivity contribution in [3.63, 3.8) is 0 Å². The summed E-state index contributed by atoms with van der Waals surface area (Å²) in [5.41, 5.74) is -0.355. The Balaban J connectivity index is 2.42. The van der Waals surface area contributed by atoms with Crippen LogP contribution in [0.2, 0.25) is 0 Å². The standard InChI is InChI=1S/C12H24N2O3/c1-3-17-9-8-14-11(15)12(10-16-2)4-6-13-7-5-12/h13H,3-10H2,1-2H3,(H,14,15). The molecule has 2 N–H and O–H groups in total. The molecule has 0 aromatic heterocycles. The number of rotatable bonds is 7. The molecule has 17 heavy (non-hydrogen) atoms. The molecular formula is C12H24N2O3. The van der Waals surface area contributed by atoms with E-state index in [0.717, 1.165) is 25.9 Å². The minimum absolute atomic E-state index is 0.0977. The van der Waals surface area contributed by atoms with Gasteiger partial charge in [-0.2, -0.15) is 0 Å². The van der Waals surface area contributed by atoms with Crippen LogP contribution in [-0.2, 0) is 14.3 Å². The summed E-state index contributed by atoms with van der Waals surface area (Å²) in [6, 6.07) is 0. The van der Waals surface area contributed by atoms with Crippen LogP contribution in [0.5, 0.6) is 0 Å². The molecule has 1 aliphatic heterocycles. The fourth-order valence-corrected chi connectivity index (χ4v) is 2.19. The van der Waals surface area contributed by atoms with Gasteiger partial charge in [-0.1, -0.05) is 0 Å². The minimum atomic E-state index is -0.355. The SMILES string of the molecule is CCOCCNC(=O)C1(COC)CCNCC1. The lowest BCUT2D eigenvalue weighted by Crippen LogP contribution is -2.50. The largest absolute Gasteiger partial charge is 0.384 e. The van der Waals surface area contributed by atoms with Gasteiger partial charge in [0.15, 0.2) is 0 Å². The molecule has 0 aromatic rings. The predicted molar refractivity (Wildman–Crippen MR) is 65.9 cm³/mol. The van der Waals surface area contributed by atoms with E-state index >= 15 is 0 Å². The second kappa shape index (κ2) is 7.63. The molecule has 0 bridgehead atoms. The van der Waals surface area contributed by atoms with Crippen LogP contribution in [0.15, 0.2) is 0 Å². The topological polar surface area (TPSA) is 59.6 Å². The number of hydrogen-bond donors (Lipinski definition) is 2. The van der Waals surface area contributed by atoms with E-state index < -0.39 is 0 Å². The Morgan fingerprint density at radius 2 is 2.12 bits per heavy atom. The first-order valence-electron chi connectivity index (χ1n) is 6.31. The van der Waals surface area contributed by atoms with E-state index in [1.54, 1.807) is 7.11 Å². The molecule has 0 radical (unpaired) electrons. The van der Waals surface area contributed by atoms with Crippen molar-refractivity contribution in [1.82, 2.24) is 10.6 Å². The molecule has 0 saturated carbocycles. The van der Waals surface area contributed by atoms with E-state index in [0.29, 0.717) is 26.4 Å². The van der Waals surface area contributed by atoms with E-state index in [1.165, 1.54) is 0 Å². The van der Waals surface area contributed by atoms with Crippen LogP contribution in [0, 0.1) is 5.41 Å². The van der Waals surface area contributed by atoms with Crippen molar-refractivity contribution < 1.29 is 14.3 Å². The molecule has 5 heteroatoms. The molecular weight excluding hydrogens is 220 g/mol. The molecule has 5 nitrogen and oxygen atoms in total. The number of hydrogen-bond acceptors (Lipinski definition) is 4. The van der Waals surface area contributed by atoms with Crippen molar-refractivity contribution in [2.45, 2.75) is 19.8 Å². The number of ether oxygens (including phenoxy) is 2. The van der Waals surface area contributed by atoms with Gasteiger partial charge in [-0.05, 0) is 32.9 Å². The van der Waals surface area contributed by atoms with E-state index in [1.807, 2.05) is 6.92 Å². The van der Waals surface area contributed by atoms with Crippen LogP contribution in [0.1, 0.15) is 19.8 Å². The van der Waals surface area contributed by atoms with Gasteiger partial charge in [0.2, 0.25) is 5.91 Å². The van der Waals surface area contributed by atoms with Crippen LogP contribution in [0.4, 0.5) is 0 Å². The maximum absolute atomic E-state index is 12.2.